The Labute approximate surface area is 102 Å². The molecule has 1 aliphatic rings. The van der Waals surface area contributed by atoms with E-state index in [1.807, 2.05) is 0 Å². The molecule has 3 atom stereocenters. The molecular weight excluding hydrogens is 222 g/mol. The van der Waals surface area contributed by atoms with Gasteiger partial charge in [-0.3, -0.25) is 4.79 Å². The Morgan fingerprint density at radius 2 is 2.24 bits per heavy atom. The SMILES string of the molecule is CCCCCC(=O)NC1COC(CO)C(O)C1. The van der Waals surface area contributed by atoms with Gasteiger partial charge in [0.15, 0.2) is 0 Å². The number of ether oxygens (including phenoxy) is 1. The zero-order valence-electron chi connectivity index (χ0n) is 10.4. The summed E-state index contributed by atoms with van der Waals surface area (Å²) in [7, 11) is 0. The second-order valence-corrected chi connectivity index (χ2v) is 4.58. The molecule has 0 saturated carbocycles. The molecule has 0 spiro atoms. The fraction of sp³-hybridized carbons (Fsp3) is 0.917. The number of hydrogen-bond acceptors (Lipinski definition) is 4. The average molecular weight is 245 g/mol. The summed E-state index contributed by atoms with van der Waals surface area (Å²) in [5.74, 6) is 0.0155. The fourth-order valence-corrected chi connectivity index (χ4v) is 1.97. The zero-order valence-corrected chi connectivity index (χ0v) is 10.4. The molecule has 0 aromatic rings. The number of nitrogens with one attached hydrogen (secondary N) is 1. The van der Waals surface area contributed by atoms with Crippen molar-refractivity contribution in [2.45, 2.75) is 57.3 Å². The van der Waals surface area contributed by atoms with E-state index in [1.54, 1.807) is 0 Å². The van der Waals surface area contributed by atoms with Crippen molar-refractivity contribution < 1.29 is 19.7 Å². The lowest BCUT2D eigenvalue weighted by Crippen LogP contribution is -2.50. The summed E-state index contributed by atoms with van der Waals surface area (Å²) in [5.41, 5.74) is 0. The van der Waals surface area contributed by atoms with E-state index < -0.39 is 12.2 Å². The first-order valence-corrected chi connectivity index (χ1v) is 6.37. The van der Waals surface area contributed by atoms with Gasteiger partial charge in [0.05, 0.1) is 25.4 Å². The Morgan fingerprint density at radius 1 is 1.47 bits per heavy atom. The third-order valence-corrected chi connectivity index (χ3v) is 3.02. The molecule has 5 nitrogen and oxygen atoms in total. The standard InChI is InChI=1S/C12H23NO4/c1-2-3-4-5-12(16)13-9-6-10(15)11(7-14)17-8-9/h9-11,14-15H,2-8H2,1H3,(H,13,16). The molecule has 1 fully saturated rings. The molecule has 100 valence electrons. The molecule has 0 aromatic carbocycles. The highest BCUT2D eigenvalue weighted by atomic mass is 16.5. The van der Waals surface area contributed by atoms with E-state index in [0.717, 1.165) is 19.3 Å². The van der Waals surface area contributed by atoms with Crippen LogP contribution in [0, 0.1) is 0 Å². The minimum Gasteiger partial charge on any atom is -0.394 e. The van der Waals surface area contributed by atoms with E-state index in [1.165, 1.54) is 0 Å². The molecule has 0 aliphatic carbocycles. The number of aliphatic hydroxyl groups is 2. The van der Waals surface area contributed by atoms with Crippen LogP contribution in [0.3, 0.4) is 0 Å². The molecule has 1 aliphatic heterocycles. The van der Waals surface area contributed by atoms with Gasteiger partial charge in [-0.15, -0.1) is 0 Å². The maximum Gasteiger partial charge on any atom is 0.220 e. The van der Waals surface area contributed by atoms with Crippen molar-refractivity contribution in [1.82, 2.24) is 5.32 Å². The number of amides is 1. The first kappa shape index (κ1) is 14.4. The van der Waals surface area contributed by atoms with Crippen molar-refractivity contribution in [3.63, 3.8) is 0 Å². The smallest absolute Gasteiger partial charge is 0.220 e. The third kappa shape index (κ3) is 5.02. The van der Waals surface area contributed by atoms with Gasteiger partial charge in [0.1, 0.15) is 6.10 Å². The highest BCUT2D eigenvalue weighted by Crippen LogP contribution is 2.14. The summed E-state index contributed by atoms with van der Waals surface area (Å²) < 4.78 is 5.26. The number of hydrogen-bond donors (Lipinski definition) is 3. The summed E-state index contributed by atoms with van der Waals surface area (Å²) in [5, 5.41) is 21.4. The fourth-order valence-electron chi connectivity index (χ4n) is 1.97. The quantitative estimate of drug-likeness (QED) is 0.584. The molecule has 1 saturated heterocycles. The van der Waals surface area contributed by atoms with Crippen LogP contribution in [0.1, 0.15) is 39.0 Å². The maximum atomic E-state index is 11.5. The molecule has 0 radical (unpaired) electrons. The minimum absolute atomic E-state index is 0.0155. The molecule has 0 bridgehead atoms. The van der Waals surface area contributed by atoms with Crippen LogP contribution in [0.25, 0.3) is 0 Å². The van der Waals surface area contributed by atoms with Crippen LogP contribution in [0.2, 0.25) is 0 Å². The van der Waals surface area contributed by atoms with Crippen molar-refractivity contribution in [2.24, 2.45) is 0 Å². The van der Waals surface area contributed by atoms with Gasteiger partial charge in [-0.2, -0.15) is 0 Å². The van der Waals surface area contributed by atoms with E-state index in [2.05, 4.69) is 12.2 Å². The van der Waals surface area contributed by atoms with Gasteiger partial charge in [0.2, 0.25) is 5.91 Å². The molecule has 0 aromatic heterocycles. The molecule has 3 unspecified atom stereocenters. The summed E-state index contributed by atoms with van der Waals surface area (Å²) in [4.78, 5) is 11.5. The summed E-state index contributed by atoms with van der Waals surface area (Å²) in [6, 6.07) is -0.137. The van der Waals surface area contributed by atoms with Gasteiger partial charge >= 0.3 is 0 Å². The van der Waals surface area contributed by atoms with Crippen molar-refractivity contribution in [2.75, 3.05) is 13.2 Å². The molecule has 5 heteroatoms. The molecule has 17 heavy (non-hydrogen) atoms. The Hall–Kier alpha value is -0.650. The third-order valence-electron chi connectivity index (χ3n) is 3.02. The van der Waals surface area contributed by atoms with Gasteiger partial charge < -0.3 is 20.3 Å². The first-order chi connectivity index (χ1) is 8.17. The lowest BCUT2D eigenvalue weighted by Gasteiger charge is -2.32. The maximum absolute atomic E-state index is 11.5. The van der Waals surface area contributed by atoms with Gasteiger partial charge in [0, 0.05) is 6.42 Å². The molecule has 1 heterocycles. The van der Waals surface area contributed by atoms with Crippen LogP contribution in [0.15, 0.2) is 0 Å². The van der Waals surface area contributed by atoms with Crippen LogP contribution < -0.4 is 5.32 Å². The highest BCUT2D eigenvalue weighted by molar-refractivity contribution is 5.76. The summed E-state index contributed by atoms with van der Waals surface area (Å²) in [6.45, 7) is 2.28. The Balaban J connectivity index is 2.21. The van der Waals surface area contributed by atoms with E-state index >= 15 is 0 Å². The normalized spacial score (nSPS) is 29.0. The topological polar surface area (TPSA) is 78.8 Å². The van der Waals surface area contributed by atoms with Crippen LogP contribution in [-0.2, 0) is 9.53 Å². The van der Waals surface area contributed by atoms with Crippen LogP contribution in [-0.4, -0.2) is 47.6 Å². The summed E-state index contributed by atoms with van der Waals surface area (Å²) >= 11 is 0. The number of unbranched alkanes of at least 4 members (excludes halogenated alkanes) is 2. The Morgan fingerprint density at radius 3 is 2.82 bits per heavy atom. The van der Waals surface area contributed by atoms with E-state index in [-0.39, 0.29) is 18.6 Å². The van der Waals surface area contributed by atoms with E-state index in [0.29, 0.717) is 19.4 Å². The van der Waals surface area contributed by atoms with Crippen LogP contribution in [0.4, 0.5) is 0 Å². The predicted molar refractivity (Wildman–Crippen MR) is 63.5 cm³/mol. The molecule has 1 rings (SSSR count). The van der Waals surface area contributed by atoms with Crippen LogP contribution in [0.5, 0.6) is 0 Å². The van der Waals surface area contributed by atoms with E-state index in [9.17, 15) is 9.90 Å². The number of carbonyl (C=O) groups excluding carboxylic acids is 1. The lowest BCUT2D eigenvalue weighted by atomic mass is 10.0. The lowest BCUT2D eigenvalue weighted by molar-refractivity contribution is -0.129. The van der Waals surface area contributed by atoms with Gasteiger partial charge in [-0.05, 0) is 12.8 Å². The Bertz CT molecular complexity index is 235. The largest absolute Gasteiger partial charge is 0.394 e. The van der Waals surface area contributed by atoms with Gasteiger partial charge in [-0.25, -0.2) is 0 Å². The molecule has 1 amide bonds. The van der Waals surface area contributed by atoms with Crippen molar-refractivity contribution in [1.29, 1.82) is 0 Å². The summed E-state index contributed by atoms with van der Waals surface area (Å²) in [6.07, 6.45) is 2.82. The predicted octanol–water partition coefficient (Wildman–Crippen LogP) is 0.194. The monoisotopic (exact) mass is 245 g/mol. The van der Waals surface area contributed by atoms with Crippen molar-refractivity contribution in [3.05, 3.63) is 0 Å². The first-order valence-electron chi connectivity index (χ1n) is 6.37. The second-order valence-electron chi connectivity index (χ2n) is 4.58. The van der Waals surface area contributed by atoms with Crippen LogP contribution >= 0.6 is 0 Å². The Kier molecular flexibility index (Phi) is 6.47. The number of carbonyl (C=O) groups is 1. The second kappa shape index (κ2) is 7.63. The van der Waals surface area contributed by atoms with E-state index in [4.69, 9.17) is 9.84 Å². The number of aliphatic hydroxyl groups excluding tert-OH is 2. The average Bonchev–Trinajstić information content (AvgIpc) is 2.29. The van der Waals surface area contributed by atoms with Crippen molar-refractivity contribution in [3.8, 4) is 0 Å². The molecule has 3 N–H and O–H groups in total. The van der Waals surface area contributed by atoms with Gasteiger partial charge in [0.25, 0.3) is 0 Å². The minimum atomic E-state index is -0.699. The number of rotatable bonds is 6. The highest BCUT2D eigenvalue weighted by Gasteiger charge is 2.29. The van der Waals surface area contributed by atoms with Gasteiger partial charge in [-0.1, -0.05) is 19.8 Å². The van der Waals surface area contributed by atoms with Crippen molar-refractivity contribution >= 4 is 5.91 Å². The zero-order chi connectivity index (χ0) is 12.7. The molecular formula is C12H23NO4.